The van der Waals surface area contributed by atoms with Crippen LogP contribution in [0.4, 0.5) is 5.69 Å². The molecule has 0 atom stereocenters. The van der Waals surface area contributed by atoms with Crippen molar-refractivity contribution in [3.8, 4) is 0 Å². The number of aliphatic hydroxyl groups is 1. The standard InChI is InChI=1S/C32H26ClN3O3/c33-28-16-13-24(17-26(28)21-37)18-29-32(39)36(31(35-29)25-9-5-2-6-10-25)27-14-11-22(12-15-27)19-30(38)34-20-23-7-3-1-4-8-23/h1-18,37H,19-21H2,(H,34,38)/b29-18-. The molecule has 194 valence electrons. The maximum atomic E-state index is 13.6. The van der Waals surface area contributed by atoms with Crippen molar-refractivity contribution in [3.05, 3.63) is 142 Å². The number of amides is 2. The second-order valence-electron chi connectivity index (χ2n) is 9.09. The highest BCUT2D eigenvalue weighted by Gasteiger charge is 2.32. The molecule has 6 nitrogen and oxygen atoms in total. The van der Waals surface area contributed by atoms with Gasteiger partial charge in [0.05, 0.1) is 18.7 Å². The predicted octanol–water partition coefficient (Wildman–Crippen LogP) is 5.53. The quantitative estimate of drug-likeness (QED) is 0.291. The number of anilines is 1. The number of aliphatic hydroxyl groups excluding tert-OH is 1. The molecule has 0 saturated carbocycles. The van der Waals surface area contributed by atoms with E-state index in [-0.39, 0.29) is 30.5 Å². The number of nitrogens with one attached hydrogen (secondary N) is 1. The average molecular weight is 536 g/mol. The van der Waals surface area contributed by atoms with Gasteiger partial charge in [-0.05, 0) is 52.6 Å². The molecule has 4 aromatic rings. The normalized spacial score (nSPS) is 14.0. The number of carbonyl (C=O) groups excluding carboxylic acids is 2. The van der Waals surface area contributed by atoms with Crippen LogP contribution in [0.5, 0.6) is 0 Å². The summed E-state index contributed by atoms with van der Waals surface area (Å²) >= 11 is 6.13. The van der Waals surface area contributed by atoms with Crippen molar-refractivity contribution in [2.24, 2.45) is 4.99 Å². The number of hydrogen-bond acceptors (Lipinski definition) is 4. The van der Waals surface area contributed by atoms with Gasteiger partial charge in [-0.25, -0.2) is 4.99 Å². The minimum atomic E-state index is -0.275. The third-order valence-electron chi connectivity index (χ3n) is 6.33. The molecule has 0 spiro atoms. The monoisotopic (exact) mass is 535 g/mol. The molecule has 2 N–H and O–H groups in total. The Morgan fingerprint density at radius 3 is 2.28 bits per heavy atom. The van der Waals surface area contributed by atoms with Crippen LogP contribution >= 0.6 is 11.6 Å². The second-order valence-corrected chi connectivity index (χ2v) is 9.49. The zero-order valence-electron chi connectivity index (χ0n) is 21.0. The van der Waals surface area contributed by atoms with Gasteiger partial charge in [-0.2, -0.15) is 0 Å². The molecule has 2 amide bonds. The van der Waals surface area contributed by atoms with Crippen molar-refractivity contribution in [1.82, 2.24) is 5.32 Å². The largest absolute Gasteiger partial charge is 0.392 e. The minimum absolute atomic E-state index is 0.0779. The molecular weight excluding hydrogens is 510 g/mol. The molecule has 0 radical (unpaired) electrons. The van der Waals surface area contributed by atoms with E-state index in [1.54, 1.807) is 29.2 Å². The highest BCUT2D eigenvalue weighted by Crippen LogP contribution is 2.29. The first-order chi connectivity index (χ1) is 19.0. The first-order valence-corrected chi connectivity index (χ1v) is 12.9. The number of halogens is 1. The summed E-state index contributed by atoms with van der Waals surface area (Å²) in [4.78, 5) is 32.3. The van der Waals surface area contributed by atoms with Crippen LogP contribution in [-0.2, 0) is 29.2 Å². The molecule has 1 aliphatic rings. The first-order valence-electron chi connectivity index (χ1n) is 12.5. The first kappa shape index (κ1) is 26.1. The Balaban J connectivity index is 1.37. The number of nitrogens with zero attached hydrogens (tertiary/aromatic N) is 2. The van der Waals surface area contributed by atoms with E-state index >= 15 is 0 Å². The van der Waals surface area contributed by atoms with Crippen molar-refractivity contribution in [1.29, 1.82) is 0 Å². The molecule has 39 heavy (non-hydrogen) atoms. The molecule has 4 aromatic carbocycles. The van der Waals surface area contributed by atoms with Gasteiger partial charge >= 0.3 is 0 Å². The Morgan fingerprint density at radius 2 is 1.59 bits per heavy atom. The maximum absolute atomic E-state index is 13.6. The Hall–Kier alpha value is -4.52. The summed E-state index contributed by atoms with van der Waals surface area (Å²) in [5.41, 5.74) is 4.87. The van der Waals surface area contributed by atoms with E-state index < -0.39 is 0 Å². The smallest absolute Gasteiger partial charge is 0.282 e. The van der Waals surface area contributed by atoms with E-state index in [2.05, 4.69) is 10.3 Å². The zero-order valence-corrected chi connectivity index (χ0v) is 21.8. The van der Waals surface area contributed by atoms with Gasteiger partial charge in [-0.3, -0.25) is 14.5 Å². The van der Waals surface area contributed by atoms with Crippen LogP contribution < -0.4 is 10.2 Å². The van der Waals surface area contributed by atoms with Gasteiger partial charge in [0.25, 0.3) is 5.91 Å². The molecule has 0 aromatic heterocycles. The third kappa shape index (κ3) is 6.14. The summed E-state index contributed by atoms with van der Waals surface area (Å²) in [5.74, 6) is 0.157. The van der Waals surface area contributed by atoms with Crippen molar-refractivity contribution in [2.45, 2.75) is 19.6 Å². The lowest BCUT2D eigenvalue weighted by atomic mass is 10.1. The molecule has 1 aliphatic heterocycles. The highest BCUT2D eigenvalue weighted by atomic mass is 35.5. The van der Waals surface area contributed by atoms with Crippen molar-refractivity contribution < 1.29 is 14.7 Å². The van der Waals surface area contributed by atoms with E-state index in [4.69, 9.17) is 11.6 Å². The summed E-state index contributed by atoms with van der Waals surface area (Å²) < 4.78 is 0. The van der Waals surface area contributed by atoms with E-state index in [9.17, 15) is 14.7 Å². The lowest BCUT2D eigenvalue weighted by molar-refractivity contribution is -0.120. The summed E-state index contributed by atoms with van der Waals surface area (Å²) in [7, 11) is 0. The van der Waals surface area contributed by atoms with Crippen LogP contribution in [0, 0.1) is 0 Å². The number of rotatable bonds is 8. The number of benzene rings is 4. The van der Waals surface area contributed by atoms with E-state index in [1.165, 1.54) is 0 Å². The Bertz CT molecular complexity index is 1550. The molecule has 0 aliphatic carbocycles. The maximum Gasteiger partial charge on any atom is 0.282 e. The summed E-state index contributed by atoms with van der Waals surface area (Å²) in [6, 6.07) is 31.8. The van der Waals surface area contributed by atoms with Crippen molar-refractivity contribution in [3.63, 3.8) is 0 Å². The topological polar surface area (TPSA) is 82.0 Å². The fourth-order valence-corrected chi connectivity index (χ4v) is 4.49. The van der Waals surface area contributed by atoms with E-state index in [0.29, 0.717) is 34.2 Å². The fraction of sp³-hybridized carbons (Fsp3) is 0.0938. The van der Waals surface area contributed by atoms with Gasteiger partial charge in [0, 0.05) is 17.1 Å². The highest BCUT2D eigenvalue weighted by molar-refractivity contribution is 6.33. The van der Waals surface area contributed by atoms with Crippen LogP contribution in [0.1, 0.15) is 27.8 Å². The molecular formula is C32H26ClN3O3. The van der Waals surface area contributed by atoms with Crippen LogP contribution in [0.2, 0.25) is 5.02 Å². The number of amidine groups is 1. The van der Waals surface area contributed by atoms with Crippen LogP contribution in [-0.4, -0.2) is 22.8 Å². The van der Waals surface area contributed by atoms with Crippen LogP contribution in [0.25, 0.3) is 6.08 Å². The van der Waals surface area contributed by atoms with Crippen LogP contribution in [0.15, 0.2) is 114 Å². The Morgan fingerprint density at radius 1 is 0.897 bits per heavy atom. The minimum Gasteiger partial charge on any atom is -0.392 e. The number of hydrogen-bond donors (Lipinski definition) is 2. The lowest BCUT2D eigenvalue weighted by Crippen LogP contribution is -2.32. The summed E-state index contributed by atoms with van der Waals surface area (Å²) in [5, 5.41) is 13.0. The van der Waals surface area contributed by atoms with E-state index in [0.717, 1.165) is 16.7 Å². The van der Waals surface area contributed by atoms with Gasteiger partial charge in [-0.1, -0.05) is 90.5 Å². The molecule has 5 rings (SSSR count). The van der Waals surface area contributed by atoms with Crippen molar-refractivity contribution in [2.75, 3.05) is 4.90 Å². The van der Waals surface area contributed by atoms with Crippen LogP contribution in [0.3, 0.4) is 0 Å². The summed E-state index contributed by atoms with van der Waals surface area (Å²) in [6.45, 7) is 0.268. The van der Waals surface area contributed by atoms with Gasteiger partial charge in [0.1, 0.15) is 11.5 Å². The molecule has 0 unspecified atom stereocenters. The molecule has 0 saturated heterocycles. The number of carbonyl (C=O) groups is 2. The third-order valence-corrected chi connectivity index (χ3v) is 6.70. The average Bonchev–Trinajstić information content (AvgIpc) is 3.29. The molecule has 0 bridgehead atoms. The Labute approximate surface area is 231 Å². The molecule has 7 heteroatoms. The second kappa shape index (κ2) is 11.9. The number of aliphatic imine (C=N–C) groups is 1. The lowest BCUT2D eigenvalue weighted by Gasteiger charge is -2.19. The predicted molar refractivity (Wildman–Crippen MR) is 154 cm³/mol. The van der Waals surface area contributed by atoms with Gasteiger partial charge in [0.2, 0.25) is 5.91 Å². The summed E-state index contributed by atoms with van der Waals surface area (Å²) in [6.07, 6.45) is 1.92. The van der Waals surface area contributed by atoms with E-state index in [1.807, 2.05) is 84.9 Å². The zero-order chi connectivity index (χ0) is 27.2. The van der Waals surface area contributed by atoms with Gasteiger partial charge < -0.3 is 10.4 Å². The molecule has 1 heterocycles. The SMILES string of the molecule is O=C(Cc1ccc(N2C(=O)/C(=C/c3ccc(Cl)c(CO)c3)N=C2c2ccccc2)cc1)NCc1ccccc1. The van der Waals surface area contributed by atoms with Crippen molar-refractivity contribution >= 4 is 41.0 Å². The van der Waals surface area contributed by atoms with Gasteiger partial charge in [-0.15, -0.1) is 0 Å². The fourth-order valence-electron chi connectivity index (χ4n) is 4.31. The van der Waals surface area contributed by atoms with Gasteiger partial charge in [0.15, 0.2) is 0 Å². The molecule has 0 fully saturated rings. The Kier molecular flexibility index (Phi) is 7.96.